The Labute approximate surface area is 183 Å². The molecule has 2 heterocycles. The van der Waals surface area contributed by atoms with E-state index in [-0.39, 0.29) is 41.7 Å². The van der Waals surface area contributed by atoms with E-state index >= 15 is 0 Å². The summed E-state index contributed by atoms with van der Waals surface area (Å²) in [4.78, 5) is 55.5. The van der Waals surface area contributed by atoms with Crippen LogP contribution in [0.15, 0.2) is 18.2 Å². The molecule has 0 N–H and O–H groups in total. The van der Waals surface area contributed by atoms with Crippen molar-refractivity contribution in [3.63, 3.8) is 0 Å². The fourth-order valence-corrected chi connectivity index (χ4v) is 4.20. The van der Waals surface area contributed by atoms with E-state index in [1.165, 1.54) is 11.0 Å². The molecule has 1 saturated heterocycles. The summed E-state index contributed by atoms with van der Waals surface area (Å²) < 4.78 is 4.99. The number of carbonyl (C=O) groups is 4. The van der Waals surface area contributed by atoms with Crippen LogP contribution in [-0.4, -0.2) is 84.8 Å². The highest BCUT2D eigenvalue weighted by molar-refractivity contribution is 6.22. The first-order chi connectivity index (χ1) is 14.9. The van der Waals surface area contributed by atoms with Gasteiger partial charge in [0.15, 0.2) is 0 Å². The van der Waals surface area contributed by atoms with Crippen molar-refractivity contribution in [2.75, 3.05) is 46.4 Å². The van der Waals surface area contributed by atoms with Crippen LogP contribution in [0.5, 0.6) is 0 Å². The van der Waals surface area contributed by atoms with Crippen LogP contribution in [0.1, 0.15) is 64.2 Å². The molecule has 4 amide bonds. The minimum Gasteiger partial charge on any atom is -0.385 e. The average molecular weight is 430 g/mol. The van der Waals surface area contributed by atoms with Gasteiger partial charge in [0.1, 0.15) is 0 Å². The first-order valence-electron chi connectivity index (χ1n) is 11.0. The third-order valence-electron chi connectivity index (χ3n) is 6.16. The van der Waals surface area contributed by atoms with Crippen LogP contribution in [0, 0.1) is 5.92 Å². The molecule has 8 heteroatoms. The molecule has 0 aromatic heterocycles. The zero-order valence-electron chi connectivity index (χ0n) is 18.6. The third kappa shape index (κ3) is 4.63. The highest BCUT2D eigenvalue weighted by Crippen LogP contribution is 2.25. The van der Waals surface area contributed by atoms with E-state index in [0.29, 0.717) is 50.3 Å². The molecule has 1 fully saturated rings. The largest absolute Gasteiger partial charge is 0.385 e. The molecule has 8 nitrogen and oxygen atoms in total. The number of rotatable bonds is 8. The molecule has 1 aromatic rings. The molecule has 0 saturated carbocycles. The lowest BCUT2D eigenvalue weighted by molar-refractivity contribution is -0.137. The summed E-state index contributed by atoms with van der Waals surface area (Å²) in [5.41, 5.74) is 0.994. The molecule has 0 unspecified atom stereocenters. The van der Waals surface area contributed by atoms with Gasteiger partial charge in [-0.25, -0.2) is 0 Å². The molecular formula is C23H31N3O5. The molecule has 1 aromatic carbocycles. The van der Waals surface area contributed by atoms with Crippen molar-refractivity contribution >= 4 is 23.6 Å². The molecule has 2 aliphatic rings. The van der Waals surface area contributed by atoms with Gasteiger partial charge in [-0.15, -0.1) is 0 Å². The molecule has 3 rings (SSSR count). The number of hydrogen-bond acceptors (Lipinski definition) is 5. The van der Waals surface area contributed by atoms with Gasteiger partial charge in [-0.05, 0) is 37.5 Å². The Bertz CT molecular complexity index is 857. The van der Waals surface area contributed by atoms with E-state index in [1.807, 2.05) is 18.7 Å². The van der Waals surface area contributed by atoms with Gasteiger partial charge in [0, 0.05) is 57.9 Å². The van der Waals surface area contributed by atoms with Crippen LogP contribution in [0.3, 0.4) is 0 Å². The van der Waals surface area contributed by atoms with Crippen LogP contribution in [0.4, 0.5) is 0 Å². The fourth-order valence-electron chi connectivity index (χ4n) is 4.20. The van der Waals surface area contributed by atoms with Gasteiger partial charge in [-0.3, -0.25) is 24.1 Å². The van der Waals surface area contributed by atoms with Crippen LogP contribution in [0.25, 0.3) is 0 Å². The summed E-state index contributed by atoms with van der Waals surface area (Å²) in [6.07, 6.45) is 2.20. The smallest absolute Gasteiger partial charge is 0.261 e. The summed E-state index contributed by atoms with van der Waals surface area (Å²) in [6, 6.07) is 4.69. The van der Waals surface area contributed by atoms with Crippen LogP contribution >= 0.6 is 0 Å². The minimum atomic E-state index is -0.369. The molecule has 168 valence electrons. The first-order valence-corrected chi connectivity index (χ1v) is 11.0. The molecule has 0 spiro atoms. The number of hydrogen-bond donors (Lipinski definition) is 0. The van der Waals surface area contributed by atoms with E-state index < -0.39 is 0 Å². The maximum Gasteiger partial charge on any atom is 0.261 e. The number of amides is 4. The third-order valence-corrected chi connectivity index (χ3v) is 6.16. The normalized spacial score (nSPS) is 16.3. The van der Waals surface area contributed by atoms with Crippen LogP contribution in [0.2, 0.25) is 0 Å². The van der Waals surface area contributed by atoms with Gasteiger partial charge in [0.2, 0.25) is 5.91 Å². The van der Waals surface area contributed by atoms with Gasteiger partial charge >= 0.3 is 0 Å². The number of benzene rings is 1. The van der Waals surface area contributed by atoms with E-state index in [2.05, 4.69) is 0 Å². The summed E-state index contributed by atoms with van der Waals surface area (Å²) in [6.45, 7) is 6.72. The Morgan fingerprint density at radius 1 is 0.968 bits per heavy atom. The number of methoxy groups -OCH3 is 1. The van der Waals surface area contributed by atoms with Gasteiger partial charge < -0.3 is 14.5 Å². The van der Waals surface area contributed by atoms with Crippen molar-refractivity contribution in [2.24, 2.45) is 5.92 Å². The first kappa shape index (κ1) is 22.9. The quantitative estimate of drug-likeness (QED) is 0.466. The number of nitrogens with zero attached hydrogens (tertiary/aromatic N) is 3. The number of carbonyl (C=O) groups excluding carboxylic acids is 4. The average Bonchev–Trinajstić information content (AvgIpc) is 3.04. The number of fused-ring (bicyclic) bond motifs is 1. The number of piperazine rings is 1. The molecule has 2 aliphatic heterocycles. The Morgan fingerprint density at radius 2 is 1.58 bits per heavy atom. The lowest BCUT2D eigenvalue weighted by atomic mass is 10.0. The lowest BCUT2D eigenvalue weighted by Crippen LogP contribution is -2.51. The van der Waals surface area contributed by atoms with Crippen LogP contribution in [-0.2, 0) is 9.53 Å². The fraction of sp³-hybridized carbons (Fsp3) is 0.565. The van der Waals surface area contributed by atoms with E-state index in [1.54, 1.807) is 24.1 Å². The highest BCUT2D eigenvalue weighted by Gasteiger charge is 2.36. The molecule has 31 heavy (non-hydrogen) atoms. The van der Waals surface area contributed by atoms with E-state index in [0.717, 1.165) is 12.8 Å². The minimum absolute atomic E-state index is 0.0364. The van der Waals surface area contributed by atoms with Crippen molar-refractivity contribution in [3.8, 4) is 0 Å². The second-order valence-corrected chi connectivity index (χ2v) is 8.00. The predicted octanol–water partition coefficient (Wildman–Crippen LogP) is 2.04. The van der Waals surface area contributed by atoms with Crippen molar-refractivity contribution in [1.29, 1.82) is 0 Å². The highest BCUT2D eigenvalue weighted by atomic mass is 16.5. The predicted molar refractivity (Wildman–Crippen MR) is 115 cm³/mol. The maximum atomic E-state index is 13.0. The molecule has 0 aliphatic carbocycles. The van der Waals surface area contributed by atoms with Crippen molar-refractivity contribution in [1.82, 2.24) is 14.7 Å². The van der Waals surface area contributed by atoms with Gasteiger partial charge in [0.05, 0.1) is 11.1 Å². The zero-order valence-corrected chi connectivity index (χ0v) is 18.6. The monoisotopic (exact) mass is 429 g/mol. The van der Waals surface area contributed by atoms with Gasteiger partial charge in [0.25, 0.3) is 17.7 Å². The summed E-state index contributed by atoms with van der Waals surface area (Å²) in [5, 5.41) is 0. The maximum absolute atomic E-state index is 13.0. The van der Waals surface area contributed by atoms with Gasteiger partial charge in [-0.1, -0.05) is 13.8 Å². The number of ether oxygens (including phenoxy) is 1. The van der Waals surface area contributed by atoms with Crippen molar-refractivity contribution < 1.29 is 23.9 Å². The molecule has 0 radical (unpaired) electrons. The lowest BCUT2D eigenvalue weighted by Gasteiger charge is -2.36. The second-order valence-electron chi connectivity index (χ2n) is 8.00. The number of imide groups is 1. The summed E-state index contributed by atoms with van der Waals surface area (Å²) in [5.74, 6) is -0.688. The Kier molecular flexibility index (Phi) is 7.43. The van der Waals surface area contributed by atoms with Gasteiger partial charge in [-0.2, -0.15) is 0 Å². The Morgan fingerprint density at radius 3 is 2.19 bits per heavy atom. The molecular weight excluding hydrogens is 398 g/mol. The van der Waals surface area contributed by atoms with Crippen molar-refractivity contribution in [2.45, 2.75) is 33.1 Å². The molecule has 0 bridgehead atoms. The topological polar surface area (TPSA) is 87.2 Å². The Balaban J connectivity index is 1.65. The second kappa shape index (κ2) is 10.0. The van der Waals surface area contributed by atoms with E-state index in [4.69, 9.17) is 4.74 Å². The summed E-state index contributed by atoms with van der Waals surface area (Å²) in [7, 11) is 1.57. The standard InChI is InChI=1S/C23H31N3O5/c1-4-16(5-2)20(27)24-10-12-25(13-11-24)21(28)17-7-8-18-19(15-17)23(30)26(22(18)29)9-6-14-31-3/h7-8,15-16H,4-6,9-14H2,1-3H3. The van der Waals surface area contributed by atoms with E-state index in [9.17, 15) is 19.2 Å². The Hall–Kier alpha value is -2.74. The van der Waals surface area contributed by atoms with Crippen LogP contribution < -0.4 is 0 Å². The summed E-state index contributed by atoms with van der Waals surface area (Å²) >= 11 is 0. The zero-order chi connectivity index (χ0) is 22.5. The van der Waals surface area contributed by atoms with Crippen molar-refractivity contribution in [3.05, 3.63) is 34.9 Å². The molecule has 0 atom stereocenters. The SMILES string of the molecule is CCC(CC)C(=O)N1CCN(C(=O)c2ccc3c(c2)C(=O)N(CCCOC)C3=O)CC1.